The minimum atomic E-state index is -5.12. The summed E-state index contributed by atoms with van der Waals surface area (Å²) in [5.74, 6) is -2.89. The van der Waals surface area contributed by atoms with E-state index < -0.39 is 38.5 Å². The van der Waals surface area contributed by atoms with Crippen LogP contribution >= 0.6 is 11.3 Å². The first-order chi connectivity index (χ1) is 17.9. The van der Waals surface area contributed by atoms with Crippen LogP contribution in [0.2, 0.25) is 0 Å². The fourth-order valence-corrected chi connectivity index (χ4v) is 6.19. The van der Waals surface area contributed by atoms with E-state index in [1.54, 1.807) is 7.11 Å². The van der Waals surface area contributed by atoms with E-state index in [0.717, 1.165) is 53.1 Å². The van der Waals surface area contributed by atoms with Crippen molar-refractivity contribution in [2.75, 3.05) is 29.8 Å². The molecule has 1 saturated heterocycles. The van der Waals surface area contributed by atoms with E-state index in [9.17, 15) is 27.1 Å². The highest BCUT2D eigenvalue weighted by molar-refractivity contribution is 7.93. The Kier molecular flexibility index (Phi) is 8.02. The maximum Gasteiger partial charge on any atom is 0.427 e. The van der Waals surface area contributed by atoms with Crippen LogP contribution in [0, 0.1) is 17.6 Å². The number of hydrogen-bond donors (Lipinski definition) is 2. The summed E-state index contributed by atoms with van der Waals surface area (Å²) >= 11 is 0.937. The number of carboxylic acid groups (broad SMARTS) is 1. The normalized spacial score (nSPS) is 14.8. The number of anilines is 2. The molecule has 3 aromatic rings. The van der Waals surface area contributed by atoms with Crippen LogP contribution in [0.3, 0.4) is 0 Å². The molecule has 1 amide bonds. The Morgan fingerprint density at radius 1 is 1.24 bits per heavy atom. The molecule has 38 heavy (non-hydrogen) atoms. The van der Waals surface area contributed by atoms with Crippen molar-refractivity contribution in [2.45, 2.75) is 37.4 Å². The van der Waals surface area contributed by atoms with Crippen LogP contribution < -0.4 is 9.62 Å². The quantitative estimate of drug-likeness (QED) is 0.361. The van der Waals surface area contributed by atoms with Gasteiger partial charge in [-0.3, -0.25) is 4.90 Å². The number of halogens is 2. The number of nitrogens with zero attached hydrogens (tertiary/aromatic N) is 3. The van der Waals surface area contributed by atoms with Gasteiger partial charge in [0.05, 0.1) is 11.1 Å². The van der Waals surface area contributed by atoms with Gasteiger partial charge in [-0.15, -0.1) is 15.6 Å². The van der Waals surface area contributed by atoms with E-state index in [1.807, 2.05) is 24.3 Å². The van der Waals surface area contributed by atoms with Gasteiger partial charge >= 0.3 is 6.09 Å². The Labute approximate surface area is 223 Å². The zero-order valence-electron chi connectivity index (χ0n) is 21.0. The van der Waals surface area contributed by atoms with Crippen LogP contribution in [-0.4, -0.2) is 55.3 Å². The molecule has 204 valence electrons. The van der Waals surface area contributed by atoms with Crippen molar-refractivity contribution in [1.29, 1.82) is 0 Å². The van der Waals surface area contributed by atoms with Gasteiger partial charge in [0.25, 0.3) is 10.0 Å². The molecule has 4 rings (SSSR count). The summed E-state index contributed by atoms with van der Waals surface area (Å²) in [4.78, 5) is 16.2. The molecule has 0 saturated carbocycles. The number of methoxy groups -OCH3 is 1. The van der Waals surface area contributed by atoms with Crippen molar-refractivity contribution < 1.29 is 31.8 Å². The van der Waals surface area contributed by atoms with Crippen LogP contribution in [0.25, 0.3) is 0 Å². The molecule has 0 unspecified atom stereocenters. The van der Waals surface area contributed by atoms with Gasteiger partial charge in [-0.1, -0.05) is 24.3 Å². The standard InChI is InChI=1S/C25H28F2N4O5S2/c1-25(2,36-3)18-12-30(13-18)11-17-7-5-4-6-16(17)10-28-19-8-20(26)23(21(27)9-19)38(34,35)31(24(32)33)22-14-37-15-29-22/h4-9,14-15,18,28H,10-13H2,1-3H3,(H,32,33). The first-order valence-corrected chi connectivity index (χ1v) is 14.1. The first kappa shape index (κ1) is 27.9. The maximum atomic E-state index is 15.0. The number of sulfonamides is 1. The summed E-state index contributed by atoms with van der Waals surface area (Å²) in [6.45, 7) is 6.87. The highest BCUT2D eigenvalue weighted by Gasteiger charge is 2.39. The number of benzene rings is 2. The van der Waals surface area contributed by atoms with Gasteiger partial charge in [-0.2, -0.15) is 0 Å². The van der Waals surface area contributed by atoms with Crippen LogP contribution in [0.1, 0.15) is 25.0 Å². The van der Waals surface area contributed by atoms with Crippen LogP contribution in [0.5, 0.6) is 0 Å². The largest absolute Gasteiger partial charge is 0.464 e. The van der Waals surface area contributed by atoms with Gasteiger partial charge in [-0.25, -0.2) is 27.0 Å². The Balaban J connectivity index is 1.49. The summed E-state index contributed by atoms with van der Waals surface area (Å²) in [6, 6.07) is 9.33. The molecule has 2 heterocycles. The van der Waals surface area contributed by atoms with E-state index in [-0.39, 0.29) is 22.1 Å². The number of thiazole rings is 1. The summed E-state index contributed by atoms with van der Waals surface area (Å²) in [6.07, 6.45) is -1.94. The highest BCUT2D eigenvalue weighted by Crippen LogP contribution is 2.32. The second kappa shape index (κ2) is 10.9. The van der Waals surface area contributed by atoms with Crippen LogP contribution in [-0.2, 0) is 27.8 Å². The molecule has 0 atom stereocenters. The lowest BCUT2D eigenvalue weighted by molar-refractivity contribution is -0.0901. The minimum absolute atomic E-state index is 0.00939. The van der Waals surface area contributed by atoms with Gasteiger partial charge in [-0.05, 0) is 37.1 Å². The van der Waals surface area contributed by atoms with Gasteiger partial charge in [0.2, 0.25) is 0 Å². The molecule has 0 spiro atoms. The van der Waals surface area contributed by atoms with E-state index >= 15 is 0 Å². The second-order valence-corrected chi connectivity index (χ2v) is 11.9. The molecule has 1 fully saturated rings. The number of ether oxygens (including phenoxy) is 1. The molecular weight excluding hydrogens is 538 g/mol. The number of likely N-dealkylation sites (tertiary alicyclic amines) is 1. The Morgan fingerprint density at radius 2 is 1.87 bits per heavy atom. The molecule has 1 aromatic heterocycles. The number of hydrogen-bond acceptors (Lipinski definition) is 8. The second-order valence-electron chi connectivity index (χ2n) is 9.49. The van der Waals surface area contributed by atoms with Crippen molar-refractivity contribution in [3.8, 4) is 0 Å². The number of nitrogens with one attached hydrogen (secondary N) is 1. The predicted octanol–water partition coefficient (Wildman–Crippen LogP) is 4.76. The lowest BCUT2D eigenvalue weighted by Gasteiger charge is -2.47. The van der Waals surface area contributed by atoms with Crippen molar-refractivity contribution in [2.24, 2.45) is 5.92 Å². The third kappa shape index (κ3) is 5.65. The molecule has 1 aliphatic rings. The van der Waals surface area contributed by atoms with Crippen molar-refractivity contribution >= 4 is 39.0 Å². The monoisotopic (exact) mass is 566 g/mol. The summed E-state index contributed by atoms with van der Waals surface area (Å²) in [5, 5.41) is 13.5. The van der Waals surface area contributed by atoms with Crippen LogP contribution in [0.4, 0.5) is 25.1 Å². The molecule has 9 nitrogen and oxygen atoms in total. The van der Waals surface area contributed by atoms with Gasteiger partial charge in [0.15, 0.2) is 10.7 Å². The minimum Gasteiger partial charge on any atom is -0.464 e. The lowest BCUT2D eigenvalue weighted by atomic mass is 9.84. The smallest absolute Gasteiger partial charge is 0.427 e. The van der Waals surface area contributed by atoms with E-state index in [2.05, 4.69) is 29.0 Å². The zero-order valence-corrected chi connectivity index (χ0v) is 22.7. The van der Waals surface area contributed by atoms with Crippen molar-refractivity contribution in [3.63, 3.8) is 0 Å². The van der Waals surface area contributed by atoms with Crippen molar-refractivity contribution in [3.05, 3.63) is 70.1 Å². The third-order valence-electron chi connectivity index (χ3n) is 6.76. The Morgan fingerprint density at radius 3 is 2.42 bits per heavy atom. The van der Waals surface area contributed by atoms with Gasteiger partial charge < -0.3 is 15.2 Å². The van der Waals surface area contributed by atoms with Gasteiger partial charge in [0.1, 0.15) is 11.6 Å². The molecule has 0 bridgehead atoms. The summed E-state index contributed by atoms with van der Waals surface area (Å²) in [7, 11) is -3.41. The summed E-state index contributed by atoms with van der Waals surface area (Å²) < 4.78 is 61.1. The average Bonchev–Trinajstić information content (AvgIpc) is 3.33. The molecule has 13 heteroatoms. The lowest BCUT2D eigenvalue weighted by Crippen LogP contribution is -2.55. The Bertz CT molecular complexity index is 1390. The molecule has 0 aliphatic carbocycles. The number of aromatic nitrogens is 1. The molecule has 0 radical (unpaired) electrons. The van der Waals surface area contributed by atoms with Crippen LogP contribution in [0.15, 0.2) is 52.2 Å². The molecule has 2 N–H and O–H groups in total. The zero-order chi connectivity index (χ0) is 27.7. The number of amides is 1. The molecule has 2 aromatic carbocycles. The average molecular weight is 567 g/mol. The highest BCUT2D eigenvalue weighted by atomic mass is 32.2. The molecular formula is C25H28F2N4O5S2. The fraction of sp³-hybridized carbons (Fsp3) is 0.360. The summed E-state index contributed by atoms with van der Waals surface area (Å²) in [5.41, 5.74) is 2.98. The fourth-order valence-electron chi connectivity index (χ4n) is 4.26. The van der Waals surface area contributed by atoms with E-state index in [1.165, 1.54) is 5.51 Å². The third-order valence-corrected chi connectivity index (χ3v) is 9.06. The van der Waals surface area contributed by atoms with E-state index in [4.69, 9.17) is 4.74 Å². The molecule has 1 aliphatic heterocycles. The first-order valence-electron chi connectivity index (χ1n) is 11.7. The SMILES string of the molecule is COC(C)(C)C1CN(Cc2ccccc2CNc2cc(F)c(S(=O)(=O)N(C(=O)O)c3cscn3)c(F)c2)C1. The van der Waals surface area contributed by atoms with Gasteiger partial charge in [0, 0.05) is 50.3 Å². The van der Waals surface area contributed by atoms with E-state index in [0.29, 0.717) is 12.5 Å². The number of rotatable bonds is 10. The topological polar surface area (TPSA) is 112 Å². The number of carbonyl (C=O) groups is 1. The Hall–Kier alpha value is -3.13. The maximum absolute atomic E-state index is 15.0. The predicted molar refractivity (Wildman–Crippen MR) is 140 cm³/mol. The van der Waals surface area contributed by atoms with Crippen molar-refractivity contribution in [1.82, 2.24) is 9.88 Å².